The number of nitrogens with one attached hydrogen (secondary N) is 1. The third-order valence-electron chi connectivity index (χ3n) is 3.19. The Balaban J connectivity index is 1.73. The zero-order valence-corrected chi connectivity index (χ0v) is 12.7. The van der Waals surface area contributed by atoms with Gasteiger partial charge >= 0.3 is 0 Å². The maximum Gasteiger partial charge on any atom is 0.165 e. The number of nitrogens with zero attached hydrogens (tertiary/aromatic N) is 4. The summed E-state index contributed by atoms with van der Waals surface area (Å²) in [7, 11) is 0. The molecule has 0 saturated carbocycles. The van der Waals surface area contributed by atoms with Crippen LogP contribution in [0.25, 0.3) is 11.2 Å². The fourth-order valence-electron chi connectivity index (χ4n) is 2.14. The van der Waals surface area contributed by atoms with Crippen LogP contribution in [0.5, 0.6) is 0 Å². The minimum absolute atomic E-state index is 0.218. The van der Waals surface area contributed by atoms with Crippen LogP contribution in [0.15, 0.2) is 35.5 Å². The standard InChI is InChI=1S/C15H19N5O2/c1-11(2)21-7-5-20-10-19-13-14(17-9-18-15(13)20)16-8-12-4-3-6-22-12/h3-4,6,9-11H,5,7-8H2,1-2H3,(H,16,17,18). The number of ether oxygens (including phenoxy) is 1. The third-order valence-corrected chi connectivity index (χ3v) is 3.19. The molecule has 0 aliphatic carbocycles. The van der Waals surface area contributed by atoms with Crippen molar-refractivity contribution in [1.29, 1.82) is 0 Å². The minimum atomic E-state index is 0.218. The largest absolute Gasteiger partial charge is 0.467 e. The summed E-state index contributed by atoms with van der Waals surface area (Å²) < 4.78 is 12.8. The Hall–Kier alpha value is -2.41. The number of imidazole rings is 1. The lowest BCUT2D eigenvalue weighted by Crippen LogP contribution is -2.10. The van der Waals surface area contributed by atoms with E-state index in [-0.39, 0.29) is 6.10 Å². The average Bonchev–Trinajstić information content (AvgIpc) is 3.15. The highest BCUT2D eigenvalue weighted by Gasteiger charge is 2.10. The molecule has 7 heteroatoms. The first-order valence-corrected chi connectivity index (χ1v) is 7.27. The molecule has 3 aromatic rings. The molecular formula is C15H19N5O2. The van der Waals surface area contributed by atoms with Gasteiger partial charge < -0.3 is 19.0 Å². The molecule has 0 radical (unpaired) electrons. The van der Waals surface area contributed by atoms with E-state index in [0.717, 1.165) is 16.9 Å². The molecule has 0 aliphatic rings. The maximum absolute atomic E-state index is 5.57. The molecule has 3 heterocycles. The molecule has 0 atom stereocenters. The van der Waals surface area contributed by atoms with Gasteiger partial charge in [-0.2, -0.15) is 0 Å². The van der Waals surface area contributed by atoms with Crippen molar-refractivity contribution in [3.63, 3.8) is 0 Å². The number of rotatable bonds is 7. The van der Waals surface area contributed by atoms with Crippen LogP contribution in [0.4, 0.5) is 5.82 Å². The second kappa shape index (κ2) is 6.57. The molecule has 0 fully saturated rings. The molecule has 1 N–H and O–H groups in total. The molecule has 22 heavy (non-hydrogen) atoms. The van der Waals surface area contributed by atoms with E-state index >= 15 is 0 Å². The van der Waals surface area contributed by atoms with E-state index in [0.29, 0.717) is 25.5 Å². The predicted molar refractivity (Wildman–Crippen MR) is 82.4 cm³/mol. The van der Waals surface area contributed by atoms with Crippen LogP contribution in [0.3, 0.4) is 0 Å². The van der Waals surface area contributed by atoms with Gasteiger partial charge in [0.15, 0.2) is 11.5 Å². The molecule has 116 valence electrons. The van der Waals surface area contributed by atoms with Crippen molar-refractivity contribution in [1.82, 2.24) is 19.5 Å². The molecule has 3 rings (SSSR count). The van der Waals surface area contributed by atoms with Crippen molar-refractivity contribution < 1.29 is 9.15 Å². The van der Waals surface area contributed by atoms with Crippen molar-refractivity contribution in [2.75, 3.05) is 11.9 Å². The molecule has 0 aliphatic heterocycles. The molecule has 0 unspecified atom stereocenters. The van der Waals surface area contributed by atoms with E-state index in [1.807, 2.05) is 30.5 Å². The molecule has 7 nitrogen and oxygen atoms in total. The highest BCUT2D eigenvalue weighted by molar-refractivity contribution is 5.82. The topological polar surface area (TPSA) is 78.0 Å². The van der Waals surface area contributed by atoms with Crippen LogP contribution in [-0.2, 0) is 17.8 Å². The summed E-state index contributed by atoms with van der Waals surface area (Å²) in [5.41, 5.74) is 1.54. The van der Waals surface area contributed by atoms with Gasteiger partial charge in [-0.1, -0.05) is 0 Å². The Bertz CT molecular complexity index is 721. The summed E-state index contributed by atoms with van der Waals surface area (Å²) in [5, 5.41) is 3.23. The summed E-state index contributed by atoms with van der Waals surface area (Å²) in [5.74, 6) is 1.54. The second-order valence-electron chi connectivity index (χ2n) is 5.18. The Morgan fingerprint density at radius 2 is 2.23 bits per heavy atom. The quantitative estimate of drug-likeness (QED) is 0.722. The number of hydrogen-bond acceptors (Lipinski definition) is 6. The van der Waals surface area contributed by atoms with Crippen LogP contribution in [0, 0.1) is 0 Å². The minimum Gasteiger partial charge on any atom is -0.467 e. The van der Waals surface area contributed by atoms with Crippen molar-refractivity contribution in [2.45, 2.75) is 33.0 Å². The van der Waals surface area contributed by atoms with Crippen molar-refractivity contribution in [3.8, 4) is 0 Å². The fourth-order valence-corrected chi connectivity index (χ4v) is 2.14. The van der Waals surface area contributed by atoms with E-state index in [1.54, 1.807) is 12.6 Å². The van der Waals surface area contributed by atoms with Crippen molar-refractivity contribution in [3.05, 3.63) is 36.8 Å². The Morgan fingerprint density at radius 1 is 1.32 bits per heavy atom. The van der Waals surface area contributed by atoms with Gasteiger partial charge in [0.25, 0.3) is 0 Å². The van der Waals surface area contributed by atoms with Crippen LogP contribution >= 0.6 is 0 Å². The van der Waals surface area contributed by atoms with Gasteiger partial charge in [0.2, 0.25) is 0 Å². The lowest BCUT2D eigenvalue weighted by atomic mass is 10.4. The monoisotopic (exact) mass is 301 g/mol. The van der Waals surface area contributed by atoms with Gasteiger partial charge in [-0.15, -0.1) is 0 Å². The predicted octanol–water partition coefficient (Wildman–Crippen LogP) is 2.46. The van der Waals surface area contributed by atoms with Crippen LogP contribution < -0.4 is 5.32 Å². The SMILES string of the molecule is CC(C)OCCn1cnc2c(NCc3ccco3)ncnc21. The molecule has 0 amide bonds. The van der Waals surface area contributed by atoms with Crippen LogP contribution in [-0.4, -0.2) is 32.2 Å². The van der Waals surface area contributed by atoms with Gasteiger partial charge in [0.05, 0.1) is 31.8 Å². The first-order chi connectivity index (χ1) is 10.7. The van der Waals surface area contributed by atoms with Crippen molar-refractivity contribution >= 4 is 17.0 Å². The second-order valence-corrected chi connectivity index (χ2v) is 5.18. The molecule has 0 aromatic carbocycles. The Labute approximate surface area is 128 Å². The smallest absolute Gasteiger partial charge is 0.165 e. The molecule has 0 spiro atoms. The van der Waals surface area contributed by atoms with E-state index in [2.05, 4.69) is 20.3 Å². The number of furan rings is 1. The molecule has 0 bridgehead atoms. The molecule has 0 saturated heterocycles. The van der Waals surface area contributed by atoms with E-state index in [4.69, 9.17) is 9.15 Å². The Morgan fingerprint density at radius 3 is 3.00 bits per heavy atom. The highest BCUT2D eigenvalue weighted by atomic mass is 16.5. The van der Waals surface area contributed by atoms with E-state index < -0.39 is 0 Å². The van der Waals surface area contributed by atoms with Gasteiger partial charge in [-0.3, -0.25) is 0 Å². The first kappa shape index (κ1) is 14.5. The van der Waals surface area contributed by atoms with Crippen molar-refractivity contribution in [2.24, 2.45) is 0 Å². The van der Waals surface area contributed by atoms with E-state index in [1.165, 1.54) is 6.33 Å². The van der Waals surface area contributed by atoms with E-state index in [9.17, 15) is 0 Å². The summed E-state index contributed by atoms with van der Waals surface area (Å²) in [4.78, 5) is 13.0. The summed E-state index contributed by atoms with van der Waals surface area (Å²) in [6.45, 7) is 5.93. The highest BCUT2D eigenvalue weighted by Crippen LogP contribution is 2.18. The van der Waals surface area contributed by atoms with Gasteiger partial charge in [0, 0.05) is 6.54 Å². The molecule has 3 aromatic heterocycles. The Kier molecular flexibility index (Phi) is 4.34. The van der Waals surface area contributed by atoms with Gasteiger partial charge in [0.1, 0.15) is 17.6 Å². The molecular weight excluding hydrogens is 282 g/mol. The number of fused-ring (bicyclic) bond motifs is 1. The number of anilines is 1. The fraction of sp³-hybridized carbons (Fsp3) is 0.400. The zero-order valence-electron chi connectivity index (χ0n) is 12.7. The number of hydrogen-bond donors (Lipinski definition) is 1. The maximum atomic E-state index is 5.57. The van der Waals surface area contributed by atoms with Gasteiger partial charge in [-0.05, 0) is 26.0 Å². The van der Waals surface area contributed by atoms with Gasteiger partial charge in [-0.25, -0.2) is 15.0 Å². The normalized spacial score (nSPS) is 11.4. The first-order valence-electron chi connectivity index (χ1n) is 7.27. The number of aromatic nitrogens is 4. The lowest BCUT2D eigenvalue weighted by Gasteiger charge is -2.08. The zero-order chi connectivity index (χ0) is 15.4. The van der Waals surface area contributed by atoms with Crippen LogP contribution in [0.2, 0.25) is 0 Å². The summed E-state index contributed by atoms with van der Waals surface area (Å²) in [6.07, 6.45) is 5.17. The average molecular weight is 301 g/mol. The lowest BCUT2D eigenvalue weighted by molar-refractivity contribution is 0.0732. The van der Waals surface area contributed by atoms with Crippen LogP contribution in [0.1, 0.15) is 19.6 Å². The third kappa shape index (κ3) is 3.25. The summed E-state index contributed by atoms with van der Waals surface area (Å²) >= 11 is 0. The summed E-state index contributed by atoms with van der Waals surface area (Å²) in [6, 6.07) is 3.77.